The average molecular weight is 375 g/mol. The predicted octanol–water partition coefficient (Wildman–Crippen LogP) is 3.87. The topological polar surface area (TPSA) is 78.4 Å². The van der Waals surface area contributed by atoms with Crippen molar-refractivity contribution in [2.75, 3.05) is 0 Å². The molecule has 6 heteroatoms. The third kappa shape index (κ3) is 3.99. The second-order valence-electron chi connectivity index (χ2n) is 6.28. The SMILES string of the molecule is Cc1c(C=Nc2ccc(F)cc2)c(O)n(CCc2ccccc2)c(=O)c1C#N. The van der Waals surface area contributed by atoms with Gasteiger partial charge in [0.15, 0.2) is 0 Å². The molecule has 0 aliphatic rings. The number of aliphatic imine (C=N–C) groups is 1. The van der Waals surface area contributed by atoms with Crippen LogP contribution in [0.25, 0.3) is 0 Å². The van der Waals surface area contributed by atoms with E-state index in [1.807, 2.05) is 36.4 Å². The molecular weight excluding hydrogens is 357 g/mol. The van der Waals surface area contributed by atoms with Gasteiger partial charge >= 0.3 is 0 Å². The van der Waals surface area contributed by atoms with Crippen LogP contribution >= 0.6 is 0 Å². The van der Waals surface area contributed by atoms with Crippen LogP contribution < -0.4 is 5.56 Å². The second-order valence-corrected chi connectivity index (χ2v) is 6.28. The van der Waals surface area contributed by atoms with E-state index in [2.05, 4.69) is 4.99 Å². The molecule has 0 radical (unpaired) electrons. The van der Waals surface area contributed by atoms with E-state index in [0.717, 1.165) is 5.56 Å². The number of nitrogens with zero attached hydrogens (tertiary/aromatic N) is 3. The van der Waals surface area contributed by atoms with E-state index in [9.17, 15) is 19.6 Å². The standard InChI is InChI=1S/C22H18FN3O2/c1-15-19(13-24)21(27)26(12-11-16-5-3-2-4-6-16)22(28)20(15)14-25-18-9-7-17(23)8-10-18/h2-10,14,28H,11-12H2,1H3. The molecular formula is C22H18FN3O2. The fraction of sp³-hybridized carbons (Fsp3) is 0.136. The molecule has 0 saturated heterocycles. The first kappa shape index (κ1) is 19.1. The molecule has 0 bridgehead atoms. The lowest BCUT2D eigenvalue weighted by molar-refractivity contribution is 0.404. The van der Waals surface area contributed by atoms with Crippen LogP contribution in [0.4, 0.5) is 10.1 Å². The molecule has 28 heavy (non-hydrogen) atoms. The van der Waals surface area contributed by atoms with Gasteiger partial charge in [-0.1, -0.05) is 30.3 Å². The first-order valence-corrected chi connectivity index (χ1v) is 8.71. The Morgan fingerprint density at radius 1 is 1.18 bits per heavy atom. The van der Waals surface area contributed by atoms with Gasteiger partial charge in [0, 0.05) is 12.8 Å². The Balaban J connectivity index is 2.01. The molecule has 1 heterocycles. The quantitative estimate of drug-likeness (QED) is 0.688. The maximum atomic E-state index is 13.0. The van der Waals surface area contributed by atoms with Crippen molar-refractivity contribution in [3.05, 3.63) is 93.0 Å². The van der Waals surface area contributed by atoms with Crippen LogP contribution in [0.2, 0.25) is 0 Å². The van der Waals surface area contributed by atoms with Crippen LogP contribution in [0.5, 0.6) is 5.88 Å². The van der Waals surface area contributed by atoms with Crippen molar-refractivity contribution in [3.63, 3.8) is 0 Å². The number of rotatable bonds is 5. The molecule has 3 aromatic rings. The van der Waals surface area contributed by atoms with E-state index >= 15 is 0 Å². The predicted molar refractivity (Wildman–Crippen MR) is 106 cm³/mol. The zero-order valence-corrected chi connectivity index (χ0v) is 15.3. The highest BCUT2D eigenvalue weighted by Crippen LogP contribution is 2.22. The molecule has 0 spiro atoms. The molecule has 0 amide bonds. The van der Waals surface area contributed by atoms with Crippen molar-refractivity contribution in [3.8, 4) is 11.9 Å². The number of hydrogen-bond acceptors (Lipinski definition) is 4. The number of aryl methyl sites for hydroxylation is 1. The molecule has 1 aromatic heterocycles. The minimum absolute atomic E-state index is 0.0357. The number of pyridine rings is 1. The van der Waals surface area contributed by atoms with Crippen molar-refractivity contribution < 1.29 is 9.50 Å². The number of hydrogen-bond donors (Lipinski definition) is 1. The van der Waals surface area contributed by atoms with E-state index in [-0.39, 0.29) is 29.4 Å². The van der Waals surface area contributed by atoms with Crippen molar-refractivity contribution in [2.24, 2.45) is 4.99 Å². The number of aromatic hydroxyl groups is 1. The summed E-state index contributed by atoms with van der Waals surface area (Å²) in [6.07, 6.45) is 1.91. The maximum absolute atomic E-state index is 13.0. The fourth-order valence-electron chi connectivity index (χ4n) is 2.88. The molecule has 2 aromatic carbocycles. The highest BCUT2D eigenvalue weighted by Gasteiger charge is 2.17. The Morgan fingerprint density at radius 3 is 2.50 bits per heavy atom. The molecule has 5 nitrogen and oxygen atoms in total. The molecule has 1 N–H and O–H groups in total. The van der Waals surface area contributed by atoms with Crippen LogP contribution in [0, 0.1) is 24.1 Å². The Hall–Kier alpha value is -3.72. The summed E-state index contributed by atoms with van der Waals surface area (Å²) < 4.78 is 14.2. The van der Waals surface area contributed by atoms with Gasteiger partial charge in [-0.05, 0) is 48.7 Å². The fourth-order valence-corrected chi connectivity index (χ4v) is 2.88. The van der Waals surface area contributed by atoms with Gasteiger partial charge in [0.2, 0.25) is 5.88 Å². The van der Waals surface area contributed by atoms with Crippen LogP contribution in [0.3, 0.4) is 0 Å². The molecule has 0 saturated carbocycles. The number of benzene rings is 2. The molecule has 0 atom stereocenters. The summed E-state index contributed by atoms with van der Waals surface area (Å²) in [6.45, 7) is 1.81. The first-order valence-electron chi connectivity index (χ1n) is 8.71. The normalized spacial score (nSPS) is 10.9. The minimum Gasteiger partial charge on any atom is -0.494 e. The van der Waals surface area contributed by atoms with Crippen molar-refractivity contribution in [1.82, 2.24) is 4.57 Å². The van der Waals surface area contributed by atoms with E-state index in [0.29, 0.717) is 17.7 Å². The Morgan fingerprint density at radius 2 is 1.86 bits per heavy atom. The van der Waals surface area contributed by atoms with Gasteiger partial charge in [-0.15, -0.1) is 0 Å². The third-order valence-electron chi connectivity index (χ3n) is 4.48. The first-order chi connectivity index (χ1) is 13.5. The summed E-state index contributed by atoms with van der Waals surface area (Å²) in [4.78, 5) is 16.8. The van der Waals surface area contributed by atoms with Crippen molar-refractivity contribution in [2.45, 2.75) is 19.9 Å². The van der Waals surface area contributed by atoms with Crippen molar-refractivity contribution >= 4 is 11.9 Å². The van der Waals surface area contributed by atoms with Crippen LogP contribution in [-0.4, -0.2) is 15.9 Å². The van der Waals surface area contributed by atoms with Gasteiger partial charge in [-0.25, -0.2) is 4.39 Å². The molecule has 0 unspecified atom stereocenters. The number of aromatic nitrogens is 1. The minimum atomic E-state index is -0.535. The van der Waals surface area contributed by atoms with Crippen LogP contribution in [0.1, 0.15) is 22.3 Å². The highest BCUT2D eigenvalue weighted by molar-refractivity contribution is 5.87. The summed E-state index contributed by atoms with van der Waals surface area (Å²) in [5, 5.41) is 20.1. The van der Waals surface area contributed by atoms with E-state index in [4.69, 9.17) is 0 Å². The number of nitriles is 1. The lowest BCUT2D eigenvalue weighted by Gasteiger charge is -2.14. The summed E-state index contributed by atoms with van der Waals surface area (Å²) in [7, 11) is 0. The van der Waals surface area contributed by atoms with Gasteiger partial charge in [-0.3, -0.25) is 14.4 Å². The molecule has 0 aliphatic carbocycles. The lowest BCUT2D eigenvalue weighted by atomic mass is 10.1. The molecule has 0 fully saturated rings. The van der Waals surface area contributed by atoms with E-state index in [1.165, 1.54) is 35.0 Å². The van der Waals surface area contributed by atoms with Gasteiger partial charge in [-0.2, -0.15) is 5.26 Å². The number of halogens is 1. The summed E-state index contributed by atoms with van der Waals surface area (Å²) >= 11 is 0. The summed E-state index contributed by atoms with van der Waals surface area (Å²) in [5.41, 5.74) is 1.56. The third-order valence-corrected chi connectivity index (χ3v) is 4.48. The van der Waals surface area contributed by atoms with E-state index < -0.39 is 5.56 Å². The molecule has 3 rings (SSSR count). The summed E-state index contributed by atoms with van der Waals surface area (Å²) in [5.74, 6) is -0.623. The van der Waals surface area contributed by atoms with Crippen molar-refractivity contribution in [1.29, 1.82) is 5.26 Å². The average Bonchev–Trinajstić information content (AvgIpc) is 2.70. The zero-order chi connectivity index (χ0) is 20.1. The van der Waals surface area contributed by atoms with Gasteiger partial charge < -0.3 is 5.11 Å². The van der Waals surface area contributed by atoms with Gasteiger partial charge in [0.25, 0.3) is 5.56 Å². The Kier molecular flexibility index (Phi) is 5.66. The molecule has 0 aliphatic heterocycles. The Labute approximate surface area is 161 Å². The monoisotopic (exact) mass is 375 g/mol. The van der Waals surface area contributed by atoms with Gasteiger partial charge in [0.05, 0.1) is 11.3 Å². The molecule has 140 valence electrons. The van der Waals surface area contributed by atoms with E-state index in [1.54, 1.807) is 6.92 Å². The largest absolute Gasteiger partial charge is 0.494 e. The zero-order valence-electron chi connectivity index (χ0n) is 15.3. The summed E-state index contributed by atoms with van der Waals surface area (Å²) in [6, 6.07) is 17.0. The smallest absolute Gasteiger partial charge is 0.271 e. The van der Waals surface area contributed by atoms with Crippen LogP contribution in [0.15, 0.2) is 64.4 Å². The Bertz CT molecular complexity index is 1110. The van der Waals surface area contributed by atoms with Crippen LogP contribution in [-0.2, 0) is 13.0 Å². The highest BCUT2D eigenvalue weighted by atomic mass is 19.1. The lowest BCUT2D eigenvalue weighted by Crippen LogP contribution is -2.26. The second kappa shape index (κ2) is 8.31. The van der Waals surface area contributed by atoms with Gasteiger partial charge in [0.1, 0.15) is 17.4 Å². The maximum Gasteiger partial charge on any atom is 0.271 e.